The van der Waals surface area contributed by atoms with Crippen LogP contribution in [0.5, 0.6) is 0 Å². The molecule has 1 N–H and O–H groups in total. The number of nitrogens with one attached hydrogen (secondary N) is 1. The van der Waals surface area contributed by atoms with Crippen molar-refractivity contribution < 1.29 is 4.74 Å². The van der Waals surface area contributed by atoms with Crippen LogP contribution in [0.3, 0.4) is 0 Å². The fourth-order valence-electron chi connectivity index (χ4n) is 3.43. The number of hydrogen-bond donors (Lipinski definition) is 1. The van der Waals surface area contributed by atoms with Crippen molar-refractivity contribution in [2.24, 2.45) is 5.41 Å². The number of thiophene rings is 1. The van der Waals surface area contributed by atoms with E-state index < -0.39 is 0 Å². The molecule has 0 aliphatic carbocycles. The largest absolute Gasteiger partial charge is 0.377 e. The molecule has 2 aliphatic heterocycles. The normalized spacial score (nSPS) is 30.4. The van der Waals surface area contributed by atoms with Crippen LogP contribution in [0.4, 0.5) is 0 Å². The summed E-state index contributed by atoms with van der Waals surface area (Å²) >= 11 is 1.87. The Labute approximate surface area is 126 Å². The summed E-state index contributed by atoms with van der Waals surface area (Å²) in [6.07, 6.45) is 4.21. The molecule has 0 spiro atoms. The molecular formula is C16H26N2OS. The molecule has 2 saturated heterocycles. The zero-order valence-electron chi connectivity index (χ0n) is 12.4. The smallest absolute Gasteiger partial charge is 0.0702 e. The van der Waals surface area contributed by atoms with Crippen molar-refractivity contribution in [1.29, 1.82) is 0 Å². The van der Waals surface area contributed by atoms with E-state index in [0.717, 1.165) is 26.2 Å². The minimum absolute atomic E-state index is 0.426. The molecule has 112 valence electrons. The lowest BCUT2D eigenvalue weighted by molar-refractivity contribution is 0.0563. The van der Waals surface area contributed by atoms with Gasteiger partial charge in [0.05, 0.1) is 6.10 Å². The molecule has 3 heterocycles. The van der Waals surface area contributed by atoms with Gasteiger partial charge in [-0.3, -0.25) is 4.90 Å². The third-order valence-corrected chi connectivity index (χ3v) is 5.37. The molecule has 3 rings (SSSR count). The zero-order valence-corrected chi connectivity index (χ0v) is 13.3. The monoisotopic (exact) mass is 294 g/mol. The lowest BCUT2D eigenvalue weighted by atomic mass is 9.89. The highest BCUT2D eigenvalue weighted by Crippen LogP contribution is 2.28. The van der Waals surface area contributed by atoms with Crippen molar-refractivity contribution in [3.8, 4) is 0 Å². The highest BCUT2D eigenvalue weighted by Gasteiger charge is 2.32. The van der Waals surface area contributed by atoms with Crippen molar-refractivity contribution in [3.05, 3.63) is 22.4 Å². The number of rotatable bonds is 6. The van der Waals surface area contributed by atoms with Crippen molar-refractivity contribution in [2.45, 2.75) is 38.8 Å². The molecule has 0 aromatic carbocycles. The predicted octanol–water partition coefficient (Wildman–Crippen LogP) is 2.73. The van der Waals surface area contributed by atoms with Crippen LogP contribution in [0.2, 0.25) is 0 Å². The van der Waals surface area contributed by atoms with Gasteiger partial charge in [0, 0.05) is 37.7 Å². The van der Waals surface area contributed by atoms with E-state index in [0.29, 0.717) is 11.5 Å². The van der Waals surface area contributed by atoms with Crippen LogP contribution in [-0.2, 0) is 11.3 Å². The van der Waals surface area contributed by atoms with Crippen LogP contribution in [-0.4, -0.2) is 43.8 Å². The molecule has 2 aliphatic rings. The lowest BCUT2D eigenvalue weighted by Gasteiger charge is -2.33. The number of ether oxygens (including phenoxy) is 1. The second kappa shape index (κ2) is 6.56. The summed E-state index contributed by atoms with van der Waals surface area (Å²) in [6, 6.07) is 4.41. The Kier molecular flexibility index (Phi) is 4.76. The van der Waals surface area contributed by atoms with Gasteiger partial charge in [-0.2, -0.15) is 0 Å². The van der Waals surface area contributed by atoms with Crippen LogP contribution < -0.4 is 5.32 Å². The first-order valence-electron chi connectivity index (χ1n) is 7.81. The van der Waals surface area contributed by atoms with E-state index in [1.165, 1.54) is 37.2 Å². The first-order valence-corrected chi connectivity index (χ1v) is 8.69. The van der Waals surface area contributed by atoms with Crippen LogP contribution in [0, 0.1) is 5.41 Å². The molecular weight excluding hydrogens is 268 g/mol. The molecule has 4 heteroatoms. The Bertz CT molecular complexity index is 395. The van der Waals surface area contributed by atoms with Gasteiger partial charge in [0.25, 0.3) is 0 Å². The highest BCUT2D eigenvalue weighted by atomic mass is 32.1. The van der Waals surface area contributed by atoms with Gasteiger partial charge in [0.15, 0.2) is 0 Å². The molecule has 3 nitrogen and oxygen atoms in total. The molecule has 1 aromatic heterocycles. The van der Waals surface area contributed by atoms with Gasteiger partial charge in [-0.15, -0.1) is 11.3 Å². The first kappa shape index (κ1) is 14.5. The van der Waals surface area contributed by atoms with E-state index in [4.69, 9.17) is 4.74 Å². The Morgan fingerprint density at radius 3 is 3.15 bits per heavy atom. The molecule has 0 radical (unpaired) electrons. The predicted molar refractivity (Wildman–Crippen MR) is 84.2 cm³/mol. The second-order valence-electron chi connectivity index (χ2n) is 6.62. The van der Waals surface area contributed by atoms with Gasteiger partial charge in [-0.25, -0.2) is 0 Å². The summed E-state index contributed by atoms with van der Waals surface area (Å²) in [4.78, 5) is 4.09. The van der Waals surface area contributed by atoms with Gasteiger partial charge in [0.2, 0.25) is 0 Å². The Hall–Kier alpha value is -0.420. The molecule has 0 amide bonds. The lowest BCUT2D eigenvalue weighted by Crippen LogP contribution is -2.40. The SMILES string of the molecule is CC1(CN(Cc2cccs2)CC2CCCO2)CCNC1. The third-order valence-electron chi connectivity index (χ3n) is 4.51. The first-order chi connectivity index (χ1) is 9.73. The summed E-state index contributed by atoms with van der Waals surface area (Å²) < 4.78 is 5.85. The van der Waals surface area contributed by atoms with Crippen LogP contribution in [0.1, 0.15) is 31.1 Å². The number of nitrogens with zero attached hydrogens (tertiary/aromatic N) is 1. The number of hydrogen-bond acceptors (Lipinski definition) is 4. The Balaban J connectivity index is 1.62. The Morgan fingerprint density at radius 2 is 2.50 bits per heavy atom. The van der Waals surface area contributed by atoms with E-state index in [1.807, 2.05) is 11.3 Å². The van der Waals surface area contributed by atoms with Gasteiger partial charge >= 0.3 is 0 Å². The van der Waals surface area contributed by atoms with Crippen molar-refractivity contribution >= 4 is 11.3 Å². The van der Waals surface area contributed by atoms with Gasteiger partial charge in [0.1, 0.15) is 0 Å². The minimum atomic E-state index is 0.426. The summed E-state index contributed by atoms with van der Waals surface area (Å²) in [5, 5.41) is 5.69. The molecule has 2 fully saturated rings. The van der Waals surface area contributed by atoms with Gasteiger partial charge < -0.3 is 10.1 Å². The van der Waals surface area contributed by atoms with Gasteiger partial charge in [-0.05, 0) is 42.7 Å². The second-order valence-corrected chi connectivity index (χ2v) is 7.65. The fraction of sp³-hybridized carbons (Fsp3) is 0.750. The van der Waals surface area contributed by atoms with E-state index in [9.17, 15) is 0 Å². The topological polar surface area (TPSA) is 24.5 Å². The standard InChI is InChI=1S/C16H26N2OS/c1-16(6-7-17-12-16)13-18(10-14-4-2-8-19-14)11-15-5-3-9-20-15/h3,5,9,14,17H,2,4,6-8,10-13H2,1H3. The maximum absolute atomic E-state index is 5.85. The fourth-order valence-corrected chi connectivity index (χ4v) is 4.17. The van der Waals surface area contributed by atoms with E-state index in [2.05, 4.69) is 34.7 Å². The van der Waals surface area contributed by atoms with Crippen molar-refractivity contribution in [3.63, 3.8) is 0 Å². The summed E-state index contributed by atoms with van der Waals surface area (Å²) in [6.45, 7) is 9.04. The third kappa shape index (κ3) is 3.82. The van der Waals surface area contributed by atoms with Gasteiger partial charge in [-0.1, -0.05) is 13.0 Å². The van der Waals surface area contributed by atoms with Crippen LogP contribution >= 0.6 is 11.3 Å². The summed E-state index contributed by atoms with van der Waals surface area (Å²) in [5.41, 5.74) is 0.426. The summed E-state index contributed by atoms with van der Waals surface area (Å²) in [5.74, 6) is 0. The molecule has 2 unspecified atom stereocenters. The van der Waals surface area contributed by atoms with E-state index in [-0.39, 0.29) is 0 Å². The average molecular weight is 294 g/mol. The van der Waals surface area contributed by atoms with Crippen LogP contribution in [0.15, 0.2) is 17.5 Å². The molecule has 0 saturated carbocycles. The zero-order chi connectivity index (χ0) is 13.8. The van der Waals surface area contributed by atoms with Crippen molar-refractivity contribution in [1.82, 2.24) is 10.2 Å². The minimum Gasteiger partial charge on any atom is -0.377 e. The Morgan fingerprint density at radius 1 is 1.55 bits per heavy atom. The average Bonchev–Trinajstić information content (AvgIpc) is 3.12. The van der Waals surface area contributed by atoms with Crippen LogP contribution in [0.25, 0.3) is 0 Å². The maximum Gasteiger partial charge on any atom is 0.0702 e. The van der Waals surface area contributed by atoms with Crippen molar-refractivity contribution in [2.75, 3.05) is 32.8 Å². The van der Waals surface area contributed by atoms with E-state index in [1.54, 1.807) is 0 Å². The van der Waals surface area contributed by atoms with E-state index >= 15 is 0 Å². The molecule has 1 aromatic rings. The molecule has 0 bridgehead atoms. The maximum atomic E-state index is 5.85. The quantitative estimate of drug-likeness (QED) is 0.873. The molecule has 2 atom stereocenters. The highest BCUT2D eigenvalue weighted by molar-refractivity contribution is 7.09. The molecule has 20 heavy (non-hydrogen) atoms. The summed E-state index contributed by atoms with van der Waals surface area (Å²) in [7, 11) is 0.